The van der Waals surface area contributed by atoms with Gasteiger partial charge in [0.2, 0.25) is 0 Å². The SMILES string of the molecule is CN(Cc1ccc(Cl)s1)c1ccccc1CN. The Bertz CT molecular complexity index is 496. The van der Waals surface area contributed by atoms with Gasteiger partial charge in [0.05, 0.1) is 10.9 Å². The Morgan fingerprint density at radius 1 is 1.24 bits per heavy atom. The van der Waals surface area contributed by atoms with E-state index in [-0.39, 0.29) is 0 Å². The molecular formula is C13H15ClN2S. The molecule has 0 saturated heterocycles. The van der Waals surface area contributed by atoms with E-state index in [9.17, 15) is 0 Å². The van der Waals surface area contributed by atoms with Crippen molar-refractivity contribution < 1.29 is 0 Å². The molecule has 1 aromatic heterocycles. The fraction of sp³-hybridized carbons (Fsp3) is 0.231. The first-order chi connectivity index (χ1) is 8.20. The molecule has 2 nitrogen and oxygen atoms in total. The summed E-state index contributed by atoms with van der Waals surface area (Å²) in [7, 11) is 2.07. The Hall–Kier alpha value is -1.03. The molecule has 0 atom stereocenters. The summed E-state index contributed by atoms with van der Waals surface area (Å²) in [5.41, 5.74) is 8.09. The summed E-state index contributed by atoms with van der Waals surface area (Å²) < 4.78 is 0.834. The van der Waals surface area contributed by atoms with E-state index in [0.29, 0.717) is 6.54 Å². The highest BCUT2D eigenvalue weighted by Crippen LogP contribution is 2.25. The van der Waals surface area contributed by atoms with Crippen molar-refractivity contribution in [3.63, 3.8) is 0 Å². The van der Waals surface area contributed by atoms with Crippen LogP contribution in [0.15, 0.2) is 36.4 Å². The molecule has 0 spiro atoms. The van der Waals surface area contributed by atoms with E-state index in [1.807, 2.05) is 18.2 Å². The predicted molar refractivity (Wildman–Crippen MR) is 75.8 cm³/mol. The lowest BCUT2D eigenvalue weighted by molar-refractivity contribution is 0.918. The molecule has 0 radical (unpaired) electrons. The smallest absolute Gasteiger partial charge is 0.0931 e. The second-order valence-electron chi connectivity index (χ2n) is 3.89. The molecule has 0 saturated carbocycles. The molecule has 0 bridgehead atoms. The quantitative estimate of drug-likeness (QED) is 0.918. The van der Waals surface area contributed by atoms with E-state index < -0.39 is 0 Å². The Kier molecular flexibility index (Phi) is 4.05. The normalized spacial score (nSPS) is 10.5. The zero-order valence-electron chi connectivity index (χ0n) is 9.69. The number of para-hydroxylation sites is 1. The molecule has 1 aromatic carbocycles. The van der Waals surface area contributed by atoms with E-state index in [1.54, 1.807) is 11.3 Å². The van der Waals surface area contributed by atoms with Crippen LogP contribution in [0.2, 0.25) is 4.34 Å². The van der Waals surface area contributed by atoms with Crippen LogP contribution in [0, 0.1) is 0 Å². The fourth-order valence-corrected chi connectivity index (χ4v) is 2.95. The number of rotatable bonds is 4. The highest BCUT2D eigenvalue weighted by atomic mass is 35.5. The van der Waals surface area contributed by atoms with Crippen LogP contribution in [0.5, 0.6) is 0 Å². The van der Waals surface area contributed by atoms with Crippen LogP contribution in [-0.4, -0.2) is 7.05 Å². The maximum absolute atomic E-state index is 5.93. The Morgan fingerprint density at radius 3 is 2.65 bits per heavy atom. The van der Waals surface area contributed by atoms with Crippen LogP contribution in [0.4, 0.5) is 5.69 Å². The molecule has 2 aromatic rings. The largest absolute Gasteiger partial charge is 0.369 e. The lowest BCUT2D eigenvalue weighted by Gasteiger charge is -2.21. The van der Waals surface area contributed by atoms with Crippen LogP contribution in [0.3, 0.4) is 0 Å². The highest BCUT2D eigenvalue weighted by molar-refractivity contribution is 7.16. The Morgan fingerprint density at radius 2 is 2.00 bits per heavy atom. The second kappa shape index (κ2) is 5.54. The first-order valence-corrected chi connectivity index (χ1v) is 6.63. The summed E-state index contributed by atoms with van der Waals surface area (Å²) in [6, 6.07) is 12.2. The minimum absolute atomic E-state index is 0.561. The molecule has 0 aliphatic heterocycles. The number of halogens is 1. The molecule has 0 aliphatic carbocycles. The summed E-state index contributed by atoms with van der Waals surface area (Å²) in [6.07, 6.45) is 0. The minimum atomic E-state index is 0.561. The van der Waals surface area contributed by atoms with Crippen molar-refractivity contribution in [2.24, 2.45) is 5.73 Å². The third-order valence-electron chi connectivity index (χ3n) is 2.64. The van der Waals surface area contributed by atoms with Crippen LogP contribution in [0.1, 0.15) is 10.4 Å². The first kappa shape index (κ1) is 12.4. The molecule has 17 heavy (non-hydrogen) atoms. The molecule has 2 N–H and O–H groups in total. The summed E-state index contributed by atoms with van der Waals surface area (Å²) in [5, 5.41) is 0. The average molecular weight is 267 g/mol. The van der Waals surface area contributed by atoms with E-state index in [1.165, 1.54) is 10.6 Å². The van der Waals surface area contributed by atoms with Gasteiger partial charge >= 0.3 is 0 Å². The number of hydrogen-bond acceptors (Lipinski definition) is 3. The fourth-order valence-electron chi connectivity index (χ4n) is 1.81. The van der Waals surface area contributed by atoms with Gasteiger partial charge < -0.3 is 10.6 Å². The van der Waals surface area contributed by atoms with E-state index in [4.69, 9.17) is 17.3 Å². The number of hydrogen-bond donors (Lipinski definition) is 1. The number of nitrogens with two attached hydrogens (primary N) is 1. The van der Waals surface area contributed by atoms with Gasteiger partial charge in [-0.25, -0.2) is 0 Å². The van der Waals surface area contributed by atoms with Crippen LogP contribution in [-0.2, 0) is 13.1 Å². The topological polar surface area (TPSA) is 29.3 Å². The molecule has 4 heteroatoms. The van der Waals surface area contributed by atoms with Crippen LogP contribution >= 0.6 is 22.9 Å². The van der Waals surface area contributed by atoms with Crippen molar-refractivity contribution in [3.8, 4) is 0 Å². The maximum atomic E-state index is 5.93. The number of thiophene rings is 1. The van der Waals surface area contributed by atoms with Gasteiger partial charge in [-0.05, 0) is 23.8 Å². The van der Waals surface area contributed by atoms with Gasteiger partial charge in [0, 0.05) is 24.2 Å². The van der Waals surface area contributed by atoms with Crippen molar-refractivity contribution in [1.82, 2.24) is 0 Å². The average Bonchev–Trinajstić information content (AvgIpc) is 2.74. The summed E-state index contributed by atoms with van der Waals surface area (Å²) in [4.78, 5) is 3.45. The standard InChI is InChI=1S/C13H15ClN2S/c1-16(9-11-6-7-13(14)17-11)12-5-3-2-4-10(12)8-15/h2-7H,8-9,15H2,1H3. The van der Waals surface area contributed by atoms with Gasteiger partial charge in [-0.15, -0.1) is 11.3 Å². The monoisotopic (exact) mass is 266 g/mol. The van der Waals surface area contributed by atoms with Gasteiger partial charge in [0.25, 0.3) is 0 Å². The molecule has 0 amide bonds. The number of benzene rings is 1. The van der Waals surface area contributed by atoms with Gasteiger partial charge in [-0.3, -0.25) is 0 Å². The van der Waals surface area contributed by atoms with E-state index >= 15 is 0 Å². The van der Waals surface area contributed by atoms with Gasteiger partial charge in [0.15, 0.2) is 0 Å². The Labute approximate surface area is 111 Å². The van der Waals surface area contributed by atoms with Crippen molar-refractivity contribution in [2.75, 3.05) is 11.9 Å². The van der Waals surface area contributed by atoms with Crippen LogP contribution in [0.25, 0.3) is 0 Å². The summed E-state index contributed by atoms with van der Waals surface area (Å²) in [5.74, 6) is 0. The summed E-state index contributed by atoms with van der Waals surface area (Å²) >= 11 is 7.55. The second-order valence-corrected chi connectivity index (χ2v) is 5.69. The number of nitrogens with zero attached hydrogens (tertiary/aromatic N) is 1. The zero-order valence-corrected chi connectivity index (χ0v) is 11.3. The maximum Gasteiger partial charge on any atom is 0.0931 e. The lowest BCUT2D eigenvalue weighted by atomic mass is 10.1. The first-order valence-electron chi connectivity index (χ1n) is 5.44. The van der Waals surface area contributed by atoms with Crippen molar-refractivity contribution in [1.29, 1.82) is 0 Å². The molecule has 90 valence electrons. The predicted octanol–water partition coefficient (Wildman–Crippen LogP) is 3.50. The van der Waals surface area contributed by atoms with Crippen molar-refractivity contribution in [2.45, 2.75) is 13.1 Å². The van der Waals surface area contributed by atoms with Crippen molar-refractivity contribution >= 4 is 28.6 Å². The molecule has 2 rings (SSSR count). The zero-order chi connectivity index (χ0) is 12.3. The highest BCUT2D eigenvalue weighted by Gasteiger charge is 2.07. The molecule has 0 fully saturated rings. The van der Waals surface area contributed by atoms with E-state index in [0.717, 1.165) is 16.4 Å². The minimum Gasteiger partial charge on any atom is -0.369 e. The molecule has 0 unspecified atom stereocenters. The lowest BCUT2D eigenvalue weighted by Crippen LogP contribution is -2.18. The third kappa shape index (κ3) is 3.00. The third-order valence-corrected chi connectivity index (χ3v) is 3.86. The van der Waals surface area contributed by atoms with E-state index in [2.05, 4.69) is 30.1 Å². The van der Waals surface area contributed by atoms with Gasteiger partial charge in [-0.2, -0.15) is 0 Å². The summed E-state index contributed by atoms with van der Waals surface area (Å²) in [6.45, 7) is 1.42. The molecule has 0 aliphatic rings. The van der Waals surface area contributed by atoms with Gasteiger partial charge in [-0.1, -0.05) is 29.8 Å². The number of anilines is 1. The molecule has 1 heterocycles. The van der Waals surface area contributed by atoms with Crippen molar-refractivity contribution in [3.05, 3.63) is 51.2 Å². The molecular weight excluding hydrogens is 252 g/mol. The van der Waals surface area contributed by atoms with Gasteiger partial charge in [0.1, 0.15) is 0 Å². The van der Waals surface area contributed by atoms with Crippen LogP contribution < -0.4 is 10.6 Å². The Balaban J connectivity index is 2.16.